The van der Waals surface area contributed by atoms with Gasteiger partial charge in [0.05, 0.1) is 22.1 Å². The summed E-state index contributed by atoms with van der Waals surface area (Å²) in [4.78, 5) is 4.69. The second kappa shape index (κ2) is 26.7. The van der Waals surface area contributed by atoms with Crippen LogP contribution in [0.25, 0.3) is 198 Å². The van der Waals surface area contributed by atoms with Crippen molar-refractivity contribution in [3.8, 4) is 89.3 Å². The van der Waals surface area contributed by atoms with Crippen LogP contribution in [0.4, 0.5) is 34.1 Å². The molecule has 0 saturated heterocycles. The zero-order chi connectivity index (χ0) is 79.7. The van der Waals surface area contributed by atoms with Crippen molar-refractivity contribution in [3.05, 3.63) is 436 Å². The van der Waals surface area contributed by atoms with Crippen LogP contribution in [-0.4, -0.2) is 9.13 Å². The van der Waals surface area contributed by atoms with Crippen molar-refractivity contribution >= 4 is 142 Å². The van der Waals surface area contributed by atoms with E-state index in [1.54, 1.807) is 0 Å². The van der Waals surface area contributed by atoms with Crippen LogP contribution in [0.1, 0.15) is 25.0 Å². The van der Waals surface area contributed by atoms with Gasteiger partial charge in [-0.25, -0.2) is 0 Å². The van der Waals surface area contributed by atoms with E-state index in [2.05, 4.69) is 457 Å². The molecule has 0 unspecified atom stereocenters. The summed E-state index contributed by atoms with van der Waals surface area (Å²) in [5.74, 6) is 0. The number of aromatic nitrogens is 2. The maximum Gasteiger partial charge on any atom is 0.0626 e. The smallest absolute Gasteiger partial charge is 0.0626 e. The lowest BCUT2D eigenvalue weighted by Gasteiger charge is -2.28. The van der Waals surface area contributed by atoms with E-state index in [9.17, 15) is 0 Å². The van der Waals surface area contributed by atoms with E-state index in [1.807, 2.05) is 0 Å². The molecule has 0 spiro atoms. The van der Waals surface area contributed by atoms with Crippen molar-refractivity contribution < 1.29 is 0 Å². The molecule has 21 aromatic carbocycles. The van der Waals surface area contributed by atoms with Crippen LogP contribution in [0, 0.1) is 0 Å². The third-order valence-corrected chi connectivity index (χ3v) is 26.5. The fraction of sp³-hybridized carbons (Fsp3) is 0.0256. The number of para-hydroxylation sites is 3. The van der Waals surface area contributed by atoms with E-state index in [0.717, 1.165) is 45.5 Å². The highest BCUT2D eigenvalue weighted by atomic mass is 15.1. The Kier molecular flexibility index (Phi) is 15.1. The highest BCUT2D eigenvalue weighted by Gasteiger charge is 2.37. The molecule has 2 aromatic heterocycles. The summed E-state index contributed by atoms with van der Waals surface area (Å²) in [5.41, 5.74) is 34.5. The van der Waals surface area contributed by atoms with Crippen molar-refractivity contribution in [1.29, 1.82) is 0 Å². The Morgan fingerprint density at radius 2 is 0.504 bits per heavy atom. The molecule has 26 rings (SSSR count). The van der Waals surface area contributed by atoms with Gasteiger partial charge in [-0.15, -0.1) is 0 Å². The molecule has 0 atom stereocenters. The minimum absolute atomic E-state index is 0.0819. The number of rotatable bonds is 10. The van der Waals surface area contributed by atoms with Gasteiger partial charge in [-0.3, -0.25) is 0 Å². The number of nitrogens with zero attached hydrogens (tertiary/aromatic N) is 4. The summed E-state index contributed by atoms with van der Waals surface area (Å²) in [6, 6.07) is 157. The average Bonchev–Trinajstić information content (AvgIpc) is 1.53. The van der Waals surface area contributed by atoms with Crippen molar-refractivity contribution in [1.82, 2.24) is 9.13 Å². The number of benzene rings is 21. The Balaban J connectivity index is 0.000000135. The van der Waals surface area contributed by atoms with Gasteiger partial charge in [0, 0.05) is 94.0 Å². The summed E-state index contributed by atoms with van der Waals surface area (Å²) < 4.78 is 5.05. The Labute approximate surface area is 700 Å². The van der Waals surface area contributed by atoms with Gasteiger partial charge in [0.1, 0.15) is 0 Å². The highest BCUT2D eigenvalue weighted by molar-refractivity contribution is 6.43. The van der Waals surface area contributed by atoms with E-state index in [-0.39, 0.29) is 5.41 Å². The van der Waals surface area contributed by atoms with Gasteiger partial charge in [0.25, 0.3) is 0 Å². The number of hydrogen-bond donors (Lipinski definition) is 0. The molecule has 0 N–H and O–H groups in total. The van der Waals surface area contributed by atoms with Crippen LogP contribution < -0.4 is 9.80 Å². The second-order valence-corrected chi connectivity index (χ2v) is 33.3. The average molecular weight is 1540 g/mol. The van der Waals surface area contributed by atoms with Crippen molar-refractivity contribution in [2.45, 2.75) is 19.3 Å². The second-order valence-electron chi connectivity index (χ2n) is 33.3. The molecule has 3 aliphatic rings. The van der Waals surface area contributed by atoms with Gasteiger partial charge in [-0.05, 0) is 253 Å². The molecular formula is C117H76N4. The zero-order valence-electron chi connectivity index (χ0n) is 66.7. The van der Waals surface area contributed by atoms with Gasteiger partial charge in [0.2, 0.25) is 0 Å². The molecule has 564 valence electrons. The fourth-order valence-corrected chi connectivity index (χ4v) is 21.3. The molecule has 0 amide bonds. The first kappa shape index (κ1) is 68.6. The van der Waals surface area contributed by atoms with E-state index < -0.39 is 0 Å². The molecule has 3 aliphatic carbocycles. The number of hydrogen-bond acceptors (Lipinski definition) is 2. The van der Waals surface area contributed by atoms with Crippen molar-refractivity contribution in [3.63, 3.8) is 0 Å². The fourth-order valence-electron chi connectivity index (χ4n) is 21.3. The first-order valence-electron chi connectivity index (χ1n) is 42.1. The summed E-state index contributed by atoms with van der Waals surface area (Å²) in [7, 11) is 0. The molecule has 121 heavy (non-hydrogen) atoms. The maximum atomic E-state index is 2.53. The van der Waals surface area contributed by atoms with Gasteiger partial charge in [-0.1, -0.05) is 317 Å². The standard InChI is InChI=1S/C63H42N2.C54H34N2/c1-63(2)55-25-13-12-21-49(55)50-36-35-45(38-56(50)63)64(42-16-4-3-5-17-42)43-31-27-39(28-32-43)40-29-33-44(34-30-40)65-57-26-14-24-51-47-19-8-9-20-48(47)54-37-41-15-6-7-18-46(41)58-52-22-10-11-23-53(52)62(65)61(59(51)57)60(54)58;1-3-15-38(16-4-1)55(39-17-5-2-6-18-39)40-30-26-35(27-31-40)36-28-32-41(33-29-36)56-49-25-13-24-45-43-20-9-10-21-44(43)48-34-37-14-7-8-19-42(37)50-46-22-11-12-23-47(46)54(56)53(51(45)49)52(48)50/h3-38H,1-2H3;1-34H. The van der Waals surface area contributed by atoms with Crippen LogP contribution >= 0.6 is 0 Å². The normalized spacial score (nSPS) is 12.6. The molecule has 0 fully saturated rings. The Morgan fingerprint density at radius 3 is 0.934 bits per heavy atom. The third kappa shape index (κ3) is 10.3. The summed E-state index contributed by atoms with van der Waals surface area (Å²) in [6.45, 7) is 4.70. The molecule has 2 heterocycles. The molecule has 4 nitrogen and oxygen atoms in total. The van der Waals surface area contributed by atoms with Crippen LogP contribution in [0.2, 0.25) is 0 Å². The largest absolute Gasteiger partial charge is 0.311 e. The summed E-state index contributed by atoms with van der Waals surface area (Å²) >= 11 is 0. The van der Waals surface area contributed by atoms with Crippen LogP contribution in [0.3, 0.4) is 0 Å². The SMILES string of the molecule is CC1(C)c2ccccc2-c2ccc(N(c3ccccc3)c3ccc(-c4ccc(-n5c6cccc7c6c6c8c(cc9ccccc9c8c8ccccc8c65)-c5ccccc5-7)cc4)cc3)cc21.c1ccc(N(c2ccccc2)c2ccc(-c3ccc(-n4c5cccc6c5c5c7c(cc8ccccc8c7c7ccccc7c54)-c4ccccc4-6)cc3)cc2)cc1. The predicted molar refractivity (Wildman–Crippen MR) is 513 cm³/mol. The van der Waals surface area contributed by atoms with E-state index in [1.165, 1.54) is 197 Å². The summed E-state index contributed by atoms with van der Waals surface area (Å²) in [6.07, 6.45) is 0. The molecule has 0 saturated carbocycles. The van der Waals surface area contributed by atoms with Gasteiger partial charge >= 0.3 is 0 Å². The van der Waals surface area contributed by atoms with Gasteiger partial charge in [0.15, 0.2) is 0 Å². The Hall–Kier alpha value is -15.6. The lowest BCUT2D eigenvalue weighted by molar-refractivity contribution is 0.660. The van der Waals surface area contributed by atoms with Crippen LogP contribution in [-0.2, 0) is 5.41 Å². The van der Waals surface area contributed by atoms with E-state index >= 15 is 0 Å². The van der Waals surface area contributed by atoms with Crippen LogP contribution in [0.15, 0.2) is 425 Å². The molecular weight excluding hydrogens is 1460 g/mol. The highest BCUT2D eigenvalue weighted by Crippen LogP contribution is 2.58. The van der Waals surface area contributed by atoms with E-state index in [0.29, 0.717) is 0 Å². The molecule has 0 aliphatic heterocycles. The maximum absolute atomic E-state index is 2.53. The van der Waals surface area contributed by atoms with Crippen LogP contribution in [0.5, 0.6) is 0 Å². The molecule has 4 heteroatoms. The zero-order valence-corrected chi connectivity index (χ0v) is 66.7. The Morgan fingerprint density at radius 1 is 0.190 bits per heavy atom. The van der Waals surface area contributed by atoms with Gasteiger partial charge in [-0.2, -0.15) is 0 Å². The topological polar surface area (TPSA) is 16.3 Å². The number of fused-ring (bicyclic) bond motifs is 19. The first-order valence-corrected chi connectivity index (χ1v) is 42.1. The first-order chi connectivity index (χ1) is 59.8. The molecule has 0 radical (unpaired) electrons. The van der Waals surface area contributed by atoms with Gasteiger partial charge < -0.3 is 18.9 Å². The van der Waals surface area contributed by atoms with Crippen molar-refractivity contribution in [2.24, 2.45) is 0 Å². The summed E-state index contributed by atoms with van der Waals surface area (Å²) in [5, 5.41) is 20.9. The monoisotopic (exact) mass is 1540 g/mol. The van der Waals surface area contributed by atoms with E-state index in [4.69, 9.17) is 0 Å². The third-order valence-electron chi connectivity index (χ3n) is 26.5. The lowest BCUT2D eigenvalue weighted by atomic mass is 9.82. The number of anilines is 6. The molecule has 23 aromatic rings. The predicted octanol–water partition coefficient (Wildman–Crippen LogP) is 32.4. The lowest BCUT2D eigenvalue weighted by Crippen LogP contribution is -2.16. The van der Waals surface area contributed by atoms with Crippen molar-refractivity contribution in [2.75, 3.05) is 9.80 Å². The quantitative estimate of drug-likeness (QED) is 0.127. The minimum Gasteiger partial charge on any atom is -0.311 e. The Bertz CT molecular complexity index is 8200. The minimum atomic E-state index is -0.0819. The molecule has 0 bridgehead atoms.